The molecule has 0 bridgehead atoms. The molecular weight excluding hydrogens is 304 g/mol. The van der Waals surface area contributed by atoms with Gasteiger partial charge in [0.2, 0.25) is 0 Å². The first kappa shape index (κ1) is 15.3. The number of rotatable bonds is 3. The maximum atomic E-state index is 4.83. The monoisotopic (exact) mass is 322 g/mol. The summed E-state index contributed by atoms with van der Waals surface area (Å²) in [6, 6.07) is 30.9. The Balaban J connectivity index is 1.92. The largest absolute Gasteiger partial charge is 0.228 e. The van der Waals surface area contributed by atoms with Gasteiger partial charge >= 0.3 is 0 Å². The third-order valence-electron chi connectivity index (χ3n) is 4.14. The molecule has 120 valence electrons. The SMILES string of the molecule is Cc1cccc(-c2nc(-c3ccccc3)cc(-c3ccccc3)n2)c1. The topological polar surface area (TPSA) is 25.8 Å². The van der Waals surface area contributed by atoms with Crippen molar-refractivity contribution in [2.75, 3.05) is 0 Å². The van der Waals surface area contributed by atoms with Crippen LogP contribution in [0.4, 0.5) is 0 Å². The minimum absolute atomic E-state index is 0.754. The Bertz CT molecular complexity index is 935. The molecule has 25 heavy (non-hydrogen) atoms. The van der Waals surface area contributed by atoms with Gasteiger partial charge < -0.3 is 0 Å². The van der Waals surface area contributed by atoms with Crippen LogP contribution in [-0.2, 0) is 0 Å². The molecule has 1 aromatic heterocycles. The first-order valence-electron chi connectivity index (χ1n) is 8.36. The maximum Gasteiger partial charge on any atom is 0.160 e. The molecule has 0 aliphatic rings. The molecule has 0 fully saturated rings. The smallest absolute Gasteiger partial charge is 0.160 e. The van der Waals surface area contributed by atoms with Gasteiger partial charge in [0.25, 0.3) is 0 Å². The zero-order valence-electron chi connectivity index (χ0n) is 14.1. The lowest BCUT2D eigenvalue weighted by Gasteiger charge is -2.09. The van der Waals surface area contributed by atoms with Crippen molar-refractivity contribution >= 4 is 0 Å². The molecule has 1 heterocycles. The highest BCUT2D eigenvalue weighted by Gasteiger charge is 2.10. The molecule has 0 amide bonds. The van der Waals surface area contributed by atoms with Crippen LogP contribution in [0.15, 0.2) is 91.0 Å². The van der Waals surface area contributed by atoms with E-state index in [1.807, 2.05) is 42.5 Å². The van der Waals surface area contributed by atoms with Gasteiger partial charge in [-0.2, -0.15) is 0 Å². The van der Waals surface area contributed by atoms with E-state index >= 15 is 0 Å². The molecule has 0 aliphatic carbocycles. The summed E-state index contributed by atoms with van der Waals surface area (Å²) in [4.78, 5) is 9.66. The van der Waals surface area contributed by atoms with Crippen LogP contribution in [0, 0.1) is 6.92 Å². The highest BCUT2D eigenvalue weighted by molar-refractivity contribution is 5.71. The van der Waals surface area contributed by atoms with Gasteiger partial charge in [0.15, 0.2) is 5.82 Å². The highest BCUT2D eigenvalue weighted by Crippen LogP contribution is 2.27. The maximum absolute atomic E-state index is 4.83. The second kappa shape index (κ2) is 6.70. The van der Waals surface area contributed by atoms with Crippen molar-refractivity contribution in [1.82, 2.24) is 9.97 Å². The summed E-state index contributed by atoms with van der Waals surface area (Å²) in [5.74, 6) is 0.754. The van der Waals surface area contributed by atoms with Gasteiger partial charge in [-0.3, -0.25) is 0 Å². The predicted octanol–water partition coefficient (Wildman–Crippen LogP) is 5.79. The number of hydrogen-bond donors (Lipinski definition) is 0. The Labute approximate surface area is 147 Å². The van der Waals surface area contributed by atoms with Crippen LogP contribution >= 0.6 is 0 Å². The van der Waals surface area contributed by atoms with Crippen LogP contribution in [0.3, 0.4) is 0 Å². The van der Waals surface area contributed by atoms with E-state index in [1.165, 1.54) is 5.56 Å². The van der Waals surface area contributed by atoms with E-state index < -0.39 is 0 Å². The fourth-order valence-electron chi connectivity index (χ4n) is 2.87. The number of hydrogen-bond acceptors (Lipinski definition) is 2. The second-order valence-electron chi connectivity index (χ2n) is 6.06. The molecule has 0 spiro atoms. The van der Waals surface area contributed by atoms with Gasteiger partial charge in [0.05, 0.1) is 11.4 Å². The minimum Gasteiger partial charge on any atom is -0.228 e. The number of benzene rings is 3. The van der Waals surface area contributed by atoms with E-state index in [-0.39, 0.29) is 0 Å². The number of aromatic nitrogens is 2. The van der Waals surface area contributed by atoms with E-state index in [0.29, 0.717) is 0 Å². The van der Waals surface area contributed by atoms with Crippen molar-refractivity contribution in [3.8, 4) is 33.9 Å². The fraction of sp³-hybridized carbons (Fsp3) is 0.0435. The van der Waals surface area contributed by atoms with Crippen molar-refractivity contribution in [2.24, 2.45) is 0 Å². The van der Waals surface area contributed by atoms with Crippen molar-refractivity contribution in [2.45, 2.75) is 6.92 Å². The van der Waals surface area contributed by atoms with Gasteiger partial charge in [-0.15, -0.1) is 0 Å². The molecule has 4 aromatic rings. The van der Waals surface area contributed by atoms with Crippen LogP contribution in [0.25, 0.3) is 33.9 Å². The summed E-state index contributed by atoms with van der Waals surface area (Å²) < 4.78 is 0. The molecule has 0 atom stereocenters. The van der Waals surface area contributed by atoms with Gasteiger partial charge in [-0.1, -0.05) is 84.4 Å². The lowest BCUT2D eigenvalue weighted by molar-refractivity contribution is 1.18. The second-order valence-corrected chi connectivity index (χ2v) is 6.06. The molecule has 0 saturated heterocycles. The first-order chi connectivity index (χ1) is 12.3. The minimum atomic E-state index is 0.754. The van der Waals surface area contributed by atoms with Crippen LogP contribution in [-0.4, -0.2) is 9.97 Å². The molecule has 0 unspecified atom stereocenters. The summed E-state index contributed by atoms with van der Waals surface area (Å²) in [6.07, 6.45) is 0. The summed E-state index contributed by atoms with van der Waals surface area (Å²) >= 11 is 0. The molecule has 0 aliphatic heterocycles. The van der Waals surface area contributed by atoms with E-state index in [0.717, 1.165) is 33.9 Å². The quantitative estimate of drug-likeness (QED) is 0.477. The van der Waals surface area contributed by atoms with Crippen LogP contribution < -0.4 is 0 Å². The average molecular weight is 322 g/mol. The summed E-state index contributed by atoms with van der Waals surface area (Å²) in [6.45, 7) is 2.09. The Morgan fingerprint density at radius 1 is 0.520 bits per heavy atom. The Morgan fingerprint density at radius 2 is 1.04 bits per heavy atom. The lowest BCUT2D eigenvalue weighted by Crippen LogP contribution is -1.96. The summed E-state index contributed by atoms with van der Waals surface area (Å²) in [7, 11) is 0. The lowest BCUT2D eigenvalue weighted by atomic mass is 10.1. The van der Waals surface area contributed by atoms with Crippen molar-refractivity contribution in [3.05, 3.63) is 96.6 Å². The third-order valence-corrected chi connectivity index (χ3v) is 4.14. The van der Waals surface area contributed by atoms with Crippen molar-refractivity contribution in [1.29, 1.82) is 0 Å². The first-order valence-corrected chi connectivity index (χ1v) is 8.36. The molecular formula is C23H18N2. The third kappa shape index (κ3) is 3.33. The van der Waals surface area contributed by atoms with Crippen LogP contribution in [0.1, 0.15) is 5.56 Å². The Hall–Kier alpha value is -3.26. The zero-order chi connectivity index (χ0) is 17.1. The van der Waals surface area contributed by atoms with Gasteiger partial charge in [0.1, 0.15) is 0 Å². The van der Waals surface area contributed by atoms with Crippen molar-refractivity contribution < 1.29 is 0 Å². The standard InChI is InChI=1S/C23H18N2/c1-17-9-8-14-20(15-17)23-24-21(18-10-4-2-5-11-18)16-22(25-23)19-12-6-3-7-13-19/h2-16H,1H3. The van der Waals surface area contributed by atoms with Crippen molar-refractivity contribution in [3.63, 3.8) is 0 Å². The molecule has 0 N–H and O–H groups in total. The average Bonchev–Trinajstić information content (AvgIpc) is 2.69. The molecule has 0 radical (unpaired) electrons. The number of aryl methyl sites for hydroxylation is 1. The van der Waals surface area contributed by atoms with Gasteiger partial charge in [-0.05, 0) is 19.1 Å². The Kier molecular flexibility index (Phi) is 4.09. The number of nitrogens with zero attached hydrogens (tertiary/aromatic N) is 2. The Morgan fingerprint density at radius 3 is 1.56 bits per heavy atom. The predicted molar refractivity (Wildman–Crippen MR) is 103 cm³/mol. The van der Waals surface area contributed by atoms with E-state index in [1.54, 1.807) is 0 Å². The zero-order valence-corrected chi connectivity index (χ0v) is 14.1. The molecule has 2 heteroatoms. The highest BCUT2D eigenvalue weighted by atomic mass is 14.9. The molecule has 3 aromatic carbocycles. The van der Waals surface area contributed by atoms with E-state index in [4.69, 9.17) is 9.97 Å². The molecule has 4 rings (SSSR count). The summed E-state index contributed by atoms with van der Waals surface area (Å²) in [5.41, 5.74) is 6.30. The van der Waals surface area contributed by atoms with Crippen LogP contribution in [0.2, 0.25) is 0 Å². The summed E-state index contributed by atoms with van der Waals surface area (Å²) in [5, 5.41) is 0. The van der Waals surface area contributed by atoms with E-state index in [2.05, 4.69) is 55.5 Å². The molecule has 0 saturated carbocycles. The fourth-order valence-corrected chi connectivity index (χ4v) is 2.87. The normalized spacial score (nSPS) is 10.6. The van der Waals surface area contributed by atoms with E-state index in [9.17, 15) is 0 Å². The molecule has 2 nitrogen and oxygen atoms in total. The van der Waals surface area contributed by atoms with Gasteiger partial charge in [-0.25, -0.2) is 9.97 Å². The van der Waals surface area contributed by atoms with Gasteiger partial charge in [0, 0.05) is 16.7 Å². The van der Waals surface area contributed by atoms with Crippen LogP contribution in [0.5, 0.6) is 0 Å².